The van der Waals surface area contributed by atoms with Crippen molar-refractivity contribution in [2.45, 2.75) is 0 Å². The van der Waals surface area contributed by atoms with Crippen LogP contribution in [0.1, 0.15) is 5.56 Å². The van der Waals surface area contributed by atoms with E-state index >= 15 is 0 Å². The highest BCUT2D eigenvalue weighted by Crippen LogP contribution is 2.55. The first-order valence-corrected chi connectivity index (χ1v) is 25.3. The highest BCUT2D eigenvalue weighted by Gasteiger charge is 2.33. The third-order valence-corrected chi connectivity index (χ3v) is 17.8. The van der Waals surface area contributed by atoms with Crippen molar-refractivity contribution in [2.75, 3.05) is 0 Å². The summed E-state index contributed by atoms with van der Waals surface area (Å²) in [7, 11) is 0. The van der Waals surface area contributed by atoms with Crippen LogP contribution in [0.25, 0.3) is 143 Å². The van der Waals surface area contributed by atoms with Crippen molar-refractivity contribution in [3.05, 3.63) is 211 Å². The molecule has 7 heteroatoms. The van der Waals surface area contributed by atoms with Gasteiger partial charge in [0.1, 0.15) is 6.07 Å². The predicted octanol–water partition coefficient (Wildman–Crippen LogP) is 18.7. The molecule has 10 aromatic carbocycles. The quantitative estimate of drug-likeness (QED) is 0.162. The van der Waals surface area contributed by atoms with Gasteiger partial charge < -0.3 is 9.13 Å². The lowest BCUT2D eigenvalue weighted by atomic mass is 9.88. The Morgan fingerprint density at radius 2 is 0.841 bits per heavy atom. The number of aromatic nitrogens is 2. The van der Waals surface area contributed by atoms with Crippen molar-refractivity contribution in [3.8, 4) is 39.7 Å². The Hall–Kier alpha value is -8.56. The van der Waals surface area contributed by atoms with E-state index in [9.17, 15) is 11.8 Å². The van der Waals surface area contributed by atoms with Crippen LogP contribution in [0.5, 0.6) is 0 Å². The summed E-state index contributed by atoms with van der Waals surface area (Å²) in [5.74, 6) is 0. The molecule has 0 radical (unpaired) electrons. The van der Waals surface area contributed by atoms with E-state index in [0.717, 1.165) is 91.7 Å². The summed E-state index contributed by atoms with van der Waals surface area (Å²) >= 11 is 5.38. The second-order valence-corrected chi connectivity index (χ2v) is 20.8. The smallest absolute Gasteiger partial charge is 0.221 e. The van der Waals surface area contributed by atoms with Crippen LogP contribution in [0.3, 0.4) is 0 Å². The average molecular weight is 929 g/mol. The highest BCUT2D eigenvalue weighted by atomic mass is 32.1. The van der Waals surface area contributed by atoms with E-state index in [1.54, 1.807) is 22.7 Å². The zero-order valence-corrected chi connectivity index (χ0v) is 38.9. The van der Waals surface area contributed by atoms with Crippen LogP contribution in [0, 0.1) is 17.9 Å². The predicted molar refractivity (Wildman–Crippen MR) is 296 cm³/mol. The summed E-state index contributed by atoms with van der Waals surface area (Å²) in [6.45, 7) is 9.56. The van der Waals surface area contributed by atoms with Crippen molar-refractivity contribution in [1.82, 2.24) is 9.13 Å². The zero-order chi connectivity index (χ0) is 45.5. The van der Waals surface area contributed by atoms with E-state index in [0.29, 0.717) is 16.9 Å². The fraction of sp³-hybridized carbons (Fsp3) is 0. The molecular weight excluding hydrogens is 897 g/mol. The van der Waals surface area contributed by atoms with E-state index in [1.807, 2.05) is 23.5 Å². The van der Waals surface area contributed by atoms with E-state index in [-0.39, 0.29) is 0 Å². The molecule has 0 fully saturated rings. The molecule has 0 bridgehead atoms. The van der Waals surface area contributed by atoms with Gasteiger partial charge in [0.05, 0.1) is 55.0 Å². The Morgan fingerprint density at radius 1 is 0.391 bits per heavy atom. The number of rotatable bonds is 4. The molecule has 0 amide bonds. The summed E-state index contributed by atoms with van der Waals surface area (Å²) in [6, 6.07) is 71.7. The van der Waals surface area contributed by atoms with E-state index < -0.39 is 0 Å². The number of nitrogens with zero attached hydrogens (tertiary/aromatic N) is 4. The lowest BCUT2D eigenvalue weighted by Crippen LogP contribution is -2.08. The molecule has 69 heavy (non-hydrogen) atoms. The maximum atomic E-state index is 12.2. The first-order chi connectivity index (χ1) is 34.2. The topological polar surface area (TPSA) is 38.0 Å². The summed E-state index contributed by atoms with van der Waals surface area (Å²) in [5.41, 5.74) is 9.67. The minimum atomic E-state index is 0.427. The summed E-state index contributed by atoms with van der Waals surface area (Å²) < 4.78 is 11.8. The number of benzene rings is 10. The number of fused-ring (bicyclic) bond motifs is 18. The lowest BCUT2D eigenvalue weighted by Gasteiger charge is -2.25. The zero-order valence-electron chi connectivity index (χ0n) is 36.5. The fourth-order valence-corrected chi connectivity index (χ4v) is 15.1. The van der Waals surface area contributed by atoms with Crippen LogP contribution in [0.4, 0.5) is 5.69 Å². The summed E-state index contributed by atoms with van der Waals surface area (Å²) in [4.78, 5) is 4.69. The number of nitriles is 1. The molecule has 318 valence electrons. The number of hydrogen-bond acceptors (Lipinski definition) is 4. The van der Waals surface area contributed by atoms with E-state index in [1.165, 1.54) is 40.3 Å². The van der Waals surface area contributed by atoms with Gasteiger partial charge in [0.15, 0.2) is 0 Å². The SMILES string of the molecule is [C-]#[N+]c1c(-c2ccccc2)c(-n2c3ccccc3c3c4sc5ccccc5c4ccc32)c(-c2ccccc2)c(C#N)c1-n1c2c(ccc3c4ccccc4sc32)c2ccc3c4ccccc4sc3c21. The molecule has 0 atom stereocenters. The third-order valence-electron chi connectivity index (χ3n) is 14.2. The molecule has 0 spiro atoms. The molecule has 0 aliphatic rings. The Labute approximate surface area is 406 Å². The molecule has 0 saturated carbocycles. The molecule has 0 aliphatic carbocycles. The summed E-state index contributed by atoms with van der Waals surface area (Å²) in [5, 5.41) is 23.9. The van der Waals surface area contributed by atoms with Gasteiger partial charge in [0.25, 0.3) is 0 Å². The fourth-order valence-electron chi connectivity index (χ4n) is 11.4. The first-order valence-electron chi connectivity index (χ1n) is 22.9. The van der Waals surface area contributed by atoms with Crippen LogP contribution < -0.4 is 0 Å². The first kappa shape index (κ1) is 38.5. The highest BCUT2D eigenvalue weighted by molar-refractivity contribution is 7.27. The normalized spacial score (nSPS) is 12.0. The van der Waals surface area contributed by atoms with Crippen LogP contribution in [-0.2, 0) is 0 Å². The van der Waals surface area contributed by atoms with Gasteiger partial charge in [0.2, 0.25) is 5.69 Å². The monoisotopic (exact) mass is 928 g/mol. The van der Waals surface area contributed by atoms with Crippen molar-refractivity contribution in [3.63, 3.8) is 0 Å². The van der Waals surface area contributed by atoms with Gasteiger partial charge in [-0.15, -0.1) is 34.0 Å². The molecule has 0 N–H and O–H groups in total. The molecule has 15 rings (SSSR count). The molecule has 5 heterocycles. The molecule has 4 nitrogen and oxygen atoms in total. The van der Waals surface area contributed by atoms with Crippen LogP contribution in [0.2, 0.25) is 0 Å². The second-order valence-electron chi connectivity index (χ2n) is 17.6. The Bertz CT molecular complexity index is 4590. The van der Waals surface area contributed by atoms with Gasteiger partial charge in [-0.1, -0.05) is 164 Å². The molecule has 0 unspecified atom stereocenters. The standard InChI is InChI=1S/C62H32N4S3/c1-64-55-53(36-18-6-3-7-19-36)59(65-47-24-12-8-23-45(47)54-48(65)33-32-42-37-20-9-13-25-49(37)67-60(42)54)52(35-16-4-2-5-17-35)46(34-63)56(55)66-57-40(28-30-43-38-21-10-14-26-50(38)68-61(43)57)41-29-31-44-39-22-11-15-27-51(39)69-62(44)58(41)66/h2-33H. The Balaban J connectivity index is 1.22. The maximum Gasteiger partial charge on any atom is 0.221 e. The molecule has 5 aromatic heterocycles. The van der Waals surface area contributed by atoms with Gasteiger partial charge >= 0.3 is 0 Å². The Morgan fingerprint density at radius 3 is 1.39 bits per heavy atom. The van der Waals surface area contributed by atoms with Gasteiger partial charge in [-0.2, -0.15) is 5.26 Å². The van der Waals surface area contributed by atoms with Crippen LogP contribution in [0.15, 0.2) is 194 Å². The molecule has 0 saturated heterocycles. The maximum absolute atomic E-state index is 12.2. The minimum Gasteiger partial charge on any atom is -0.315 e. The van der Waals surface area contributed by atoms with Crippen molar-refractivity contribution in [2.24, 2.45) is 0 Å². The molecule has 15 aromatic rings. The summed E-state index contributed by atoms with van der Waals surface area (Å²) in [6.07, 6.45) is 0. The Kier molecular flexibility index (Phi) is 8.08. The lowest BCUT2D eigenvalue weighted by molar-refractivity contribution is 1.15. The van der Waals surface area contributed by atoms with Crippen LogP contribution in [-0.4, -0.2) is 9.13 Å². The van der Waals surface area contributed by atoms with Crippen molar-refractivity contribution in [1.29, 1.82) is 5.26 Å². The molecule has 0 aliphatic heterocycles. The van der Waals surface area contributed by atoms with Gasteiger partial charge in [-0.3, -0.25) is 0 Å². The number of hydrogen-bond donors (Lipinski definition) is 0. The van der Waals surface area contributed by atoms with Crippen LogP contribution >= 0.6 is 34.0 Å². The van der Waals surface area contributed by atoms with Gasteiger partial charge in [-0.05, 0) is 41.5 Å². The van der Waals surface area contributed by atoms with Gasteiger partial charge in [-0.25, -0.2) is 4.85 Å². The second kappa shape index (κ2) is 14.5. The number of thiophene rings is 3. The van der Waals surface area contributed by atoms with Crippen molar-refractivity contribution >= 4 is 144 Å². The average Bonchev–Trinajstić information content (AvgIpc) is 4.22. The van der Waals surface area contributed by atoms with E-state index in [2.05, 4.69) is 202 Å². The minimum absolute atomic E-state index is 0.427. The third kappa shape index (κ3) is 5.19. The number of para-hydroxylation sites is 1. The van der Waals surface area contributed by atoms with Gasteiger partial charge in [0, 0.05) is 83.8 Å². The largest absolute Gasteiger partial charge is 0.315 e. The van der Waals surface area contributed by atoms with E-state index in [4.69, 9.17) is 0 Å². The van der Waals surface area contributed by atoms with Crippen molar-refractivity contribution < 1.29 is 0 Å². The molecular formula is C62H32N4S3.